The van der Waals surface area contributed by atoms with Gasteiger partial charge in [-0.25, -0.2) is 0 Å². The SMILES string of the molecule is CC#CCCC=C(C)CCC=CCCC1=C(C)CCC1(C)O. The zero-order valence-corrected chi connectivity index (χ0v) is 14.8. The summed E-state index contributed by atoms with van der Waals surface area (Å²) in [5.41, 5.74) is 3.57. The van der Waals surface area contributed by atoms with Crippen molar-refractivity contribution in [3.05, 3.63) is 34.9 Å². The molecule has 0 saturated carbocycles. The molecule has 0 aliphatic heterocycles. The minimum atomic E-state index is -0.557. The molecule has 0 heterocycles. The second-order valence-corrected chi connectivity index (χ2v) is 6.60. The predicted octanol–water partition coefficient (Wildman–Crippen LogP) is 5.71. The number of hydrogen-bond acceptors (Lipinski definition) is 1. The Morgan fingerprint density at radius 3 is 2.64 bits per heavy atom. The van der Waals surface area contributed by atoms with Gasteiger partial charge in [-0.1, -0.05) is 29.4 Å². The lowest BCUT2D eigenvalue weighted by atomic mass is 9.93. The van der Waals surface area contributed by atoms with E-state index >= 15 is 0 Å². The predicted molar refractivity (Wildman–Crippen MR) is 96.6 cm³/mol. The van der Waals surface area contributed by atoms with Crippen molar-refractivity contribution < 1.29 is 5.11 Å². The molecule has 0 spiro atoms. The molecule has 1 rings (SSSR count). The van der Waals surface area contributed by atoms with E-state index in [2.05, 4.69) is 43.9 Å². The molecule has 22 heavy (non-hydrogen) atoms. The van der Waals surface area contributed by atoms with E-state index in [0.29, 0.717) is 0 Å². The van der Waals surface area contributed by atoms with Gasteiger partial charge in [0.2, 0.25) is 0 Å². The molecule has 0 aromatic carbocycles. The Morgan fingerprint density at radius 2 is 2.00 bits per heavy atom. The molecule has 0 amide bonds. The highest BCUT2D eigenvalue weighted by Crippen LogP contribution is 2.37. The van der Waals surface area contributed by atoms with Crippen LogP contribution in [-0.2, 0) is 0 Å². The molecule has 1 aliphatic rings. The van der Waals surface area contributed by atoms with Gasteiger partial charge in [0.05, 0.1) is 5.60 Å². The topological polar surface area (TPSA) is 20.2 Å². The van der Waals surface area contributed by atoms with Gasteiger partial charge in [0.1, 0.15) is 0 Å². The minimum Gasteiger partial charge on any atom is -0.386 e. The maximum atomic E-state index is 10.3. The lowest BCUT2D eigenvalue weighted by Crippen LogP contribution is -2.22. The maximum Gasteiger partial charge on any atom is 0.0834 e. The first-order chi connectivity index (χ1) is 10.5. The zero-order chi connectivity index (χ0) is 16.4. The number of hydrogen-bond donors (Lipinski definition) is 1. The number of rotatable bonds is 8. The summed E-state index contributed by atoms with van der Waals surface area (Å²) in [5.74, 6) is 6.02. The third kappa shape index (κ3) is 6.67. The molecular formula is C21H32O. The second-order valence-electron chi connectivity index (χ2n) is 6.60. The van der Waals surface area contributed by atoms with Crippen molar-refractivity contribution in [2.45, 2.75) is 84.7 Å². The van der Waals surface area contributed by atoms with E-state index in [1.807, 2.05) is 13.8 Å². The van der Waals surface area contributed by atoms with E-state index in [9.17, 15) is 5.11 Å². The molecule has 0 saturated heterocycles. The molecule has 1 atom stereocenters. The van der Waals surface area contributed by atoms with Crippen molar-refractivity contribution in [2.75, 3.05) is 0 Å². The summed E-state index contributed by atoms with van der Waals surface area (Å²) in [5, 5.41) is 10.3. The molecule has 0 bridgehead atoms. The van der Waals surface area contributed by atoms with Gasteiger partial charge in [0.15, 0.2) is 0 Å². The van der Waals surface area contributed by atoms with Gasteiger partial charge in [0.25, 0.3) is 0 Å². The average molecular weight is 300 g/mol. The van der Waals surface area contributed by atoms with Crippen molar-refractivity contribution in [1.29, 1.82) is 0 Å². The second kappa shape index (κ2) is 9.70. The normalized spacial score (nSPS) is 22.3. The summed E-state index contributed by atoms with van der Waals surface area (Å²) in [6.45, 7) is 8.22. The van der Waals surface area contributed by atoms with E-state index < -0.39 is 5.60 Å². The van der Waals surface area contributed by atoms with Crippen molar-refractivity contribution in [1.82, 2.24) is 0 Å². The van der Waals surface area contributed by atoms with E-state index in [0.717, 1.165) is 51.4 Å². The van der Waals surface area contributed by atoms with Gasteiger partial charge in [-0.2, -0.15) is 0 Å². The highest BCUT2D eigenvalue weighted by atomic mass is 16.3. The standard InChI is InChI=1S/C21H32O/c1-5-6-7-10-13-18(2)14-11-8-9-12-15-20-19(3)16-17-21(20,4)22/h8-9,13,22H,7,10-12,14-17H2,1-4H3. The lowest BCUT2D eigenvalue weighted by Gasteiger charge is -2.21. The summed E-state index contributed by atoms with van der Waals surface area (Å²) in [6.07, 6.45) is 15.1. The van der Waals surface area contributed by atoms with Crippen LogP contribution in [0.25, 0.3) is 0 Å². The van der Waals surface area contributed by atoms with Crippen LogP contribution in [0, 0.1) is 11.8 Å². The molecule has 1 nitrogen and oxygen atoms in total. The maximum absolute atomic E-state index is 10.3. The van der Waals surface area contributed by atoms with E-state index in [1.54, 1.807) is 0 Å². The first-order valence-corrected chi connectivity index (χ1v) is 8.59. The minimum absolute atomic E-state index is 0.557. The van der Waals surface area contributed by atoms with Crippen molar-refractivity contribution in [3.63, 3.8) is 0 Å². The summed E-state index contributed by atoms with van der Waals surface area (Å²) < 4.78 is 0. The third-order valence-corrected chi connectivity index (χ3v) is 4.52. The van der Waals surface area contributed by atoms with Crippen LogP contribution >= 0.6 is 0 Å². The Kier molecular flexibility index (Phi) is 8.28. The zero-order valence-electron chi connectivity index (χ0n) is 14.8. The summed E-state index contributed by atoms with van der Waals surface area (Å²) >= 11 is 0. The molecule has 0 aromatic rings. The van der Waals surface area contributed by atoms with Crippen LogP contribution in [0.1, 0.15) is 79.1 Å². The molecule has 1 heteroatoms. The smallest absolute Gasteiger partial charge is 0.0834 e. The quantitative estimate of drug-likeness (QED) is 0.345. The number of aliphatic hydroxyl groups is 1. The number of allylic oxidation sites excluding steroid dienone is 5. The van der Waals surface area contributed by atoms with E-state index in [1.165, 1.54) is 16.7 Å². The first-order valence-electron chi connectivity index (χ1n) is 8.59. The van der Waals surface area contributed by atoms with Gasteiger partial charge in [0, 0.05) is 6.42 Å². The Hall–Kier alpha value is -1.26. The van der Waals surface area contributed by atoms with Gasteiger partial charge in [-0.15, -0.1) is 11.8 Å². The van der Waals surface area contributed by atoms with E-state index in [-0.39, 0.29) is 0 Å². The molecule has 0 fully saturated rings. The molecule has 1 unspecified atom stereocenters. The van der Waals surface area contributed by atoms with Crippen LogP contribution in [-0.4, -0.2) is 10.7 Å². The van der Waals surface area contributed by atoms with Gasteiger partial charge >= 0.3 is 0 Å². The third-order valence-electron chi connectivity index (χ3n) is 4.52. The Labute approximate surface area is 137 Å². The monoisotopic (exact) mass is 300 g/mol. The highest BCUT2D eigenvalue weighted by Gasteiger charge is 2.31. The van der Waals surface area contributed by atoms with Crippen molar-refractivity contribution >= 4 is 0 Å². The van der Waals surface area contributed by atoms with Crippen LogP contribution in [0.15, 0.2) is 34.9 Å². The average Bonchev–Trinajstić information content (AvgIpc) is 2.73. The Bertz CT molecular complexity index is 492. The molecular weight excluding hydrogens is 268 g/mol. The lowest BCUT2D eigenvalue weighted by molar-refractivity contribution is 0.0965. The van der Waals surface area contributed by atoms with Gasteiger partial charge < -0.3 is 5.11 Å². The fraction of sp³-hybridized carbons (Fsp3) is 0.619. The molecule has 1 N–H and O–H groups in total. The molecule has 0 radical (unpaired) electrons. The molecule has 1 aliphatic carbocycles. The van der Waals surface area contributed by atoms with Crippen LogP contribution in [0.5, 0.6) is 0 Å². The van der Waals surface area contributed by atoms with Gasteiger partial charge in [-0.3, -0.25) is 0 Å². The Balaban J connectivity index is 2.22. The van der Waals surface area contributed by atoms with Gasteiger partial charge in [-0.05, 0) is 78.2 Å². The summed E-state index contributed by atoms with van der Waals surface area (Å²) in [4.78, 5) is 0. The number of unbranched alkanes of at least 4 members (excludes halogenated alkanes) is 1. The molecule has 0 aromatic heterocycles. The highest BCUT2D eigenvalue weighted by molar-refractivity contribution is 5.28. The van der Waals surface area contributed by atoms with Crippen molar-refractivity contribution in [2.24, 2.45) is 0 Å². The van der Waals surface area contributed by atoms with Crippen molar-refractivity contribution in [3.8, 4) is 11.8 Å². The van der Waals surface area contributed by atoms with E-state index in [4.69, 9.17) is 0 Å². The van der Waals surface area contributed by atoms with Crippen LogP contribution in [0.2, 0.25) is 0 Å². The molecule has 122 valence electrons. The van der Waals surface area contributed by atoms with Crippen LogP contribution in [0.4, 0.5) is 0 Å². The van der Waals surface area contributed by atoms with Crippen LogP contribution in [0.3, 0.4) is 0 Å². The first kappa shape index (κ1) is 18.8. The summed E-state index contributed by atoms with van der Waals surface area (Å²) in [7, 11) is 0. The summed E-state index contributed by atoms with van der Waals surface area (Å²) in [6, 6.07) is 0. The fourth-order valence-electron chi connectivity index (χ4n) is 3.07. The largest absolute Gasteiger partial charge is 0.386 e. The van der Waals surface area contributed by atoms with Crippen LogP contribution < -0.4 is 0 Å². The Morgan fingerprint density at radius 1 is 1.27 bits per heavy atom. The fourth-order valence-corrected chi connectivity index (χ4v) is 3.07.